The number of rotatable bonds is 7. The number of aliphatic hydroxyl groups excluding tert-OH is 1. The van der Waals surface area contributed by atoms with Gasteiger partial charge in [0.1, 0.15) is 5.82 Å². The second kappa shape index (κ2) is 7.07. The Morgan fingerprint density at radius 1 is 1.27 bits per heavy atom. The minimum absolute atomic E-state index is 0.209. The molecule has 3 nitrogen and oxygen atoms in total. The zero-order chi connectivity index (χ0) is 16.3. The minimum atomic E-state index is -0.522. The Kier molecular flexibility index (Phi) is 5.59. The molecule has 0 bridgehead atoms. The predicted octanol–water partition coefficient (Wildman–Crippen LogP) is 3.38. The van der Waals surface area contributed by atoms with Crippen LogP contribution in [0.2, 0.25) is 0 Å². The third-order valence-corrected chi connectivity index (χ3v) is 3.96. The van der Waals surface area contributed by atoms with Crippen LogP contribution in [0.3, 0.4) is 0 Å². The van der Waals surface area contributed by atoms with Crippen molar-refractivity contribution >= 4 is 0 Å². The van der Waals surface area contributed by atoms with Gasteiger partial charge in [-0.05, 0) is 64.3 Å². The van der Waals surface area contributed by atoms with Crippen molar-refractivity contribution in [3.8, 4) is 0 Å². The number of likely N-dealkylation sites (N-methyl/N-ethyl adjacent to an activating group) is 1. The Balaban J connectivity index is 1.95. The smallest absolute Gasteiger partial charge is 0.123 e. The molecule has 0 amide bonds. The third-order valence-electron chi connectivity index (χ3n) is 3.96. The molecule has 0 heterocycles. The quantitative estimate of drug-likeness (QED) is 0.838. The molecule has 1 aliphatic rings. The van der Waals surface area contributed by atoms with Crippen molar-refractivity contribution in [1.82, 2.24) is 4.90 Å². The van der Waals surface area contributed by atoms with Gasteiger partial charge >= 0.3 is 0 Å². The van der Waals surface area contributed by atoms with E-state index in [1.54, 1.807) is 0 Å². The summed E-state index contributed by atoms with van der Waals surface area (Å²) >= 11 is 0. The van der Waals surface area contributed by atoms with Gasteiger partial charge in [0, 0.05) is 12.6 Å². The van der Waals surface area contributed by atoms with Crippen molar-refractivity contribution < 1.29 is 14.2 Å². The van der Waals surface area contributed by atoms with E-state index < -0.39 is 6.10 Å². The molecule has 0 radical (unpaired) electrons. The van der Waals surface area contributed by atoms with E-state index in [2.05, 4.69) is 4.90 Å². The van der Waals surface area contributed by atoms with E-state index in [9.17, 15) is 9.50 Å². The van der Waals surface area contributed by atoms with Crippen molar-refractivity contribution in [2.45, 2.75) is 51.4 Å². The van der Waals surface area contributed by atoms with Crippen molar-refractivity contribution in [2.24, 2.45) is 5.92 Å². The van der Waals surface area contributed by atoms with Gasteiger partial charge in [-0.15, -0.1) is 0 Å². The van der Waals surface area contributed by atoms with Gasteiger partial charge in [-0.3, -0.25) is 4.90 Å². The van der Waals surface area contributed by atoms with Crippen LogP contribution < -0.4 is 0 Å². The molecule has 0 spiro atoms. The lowest BCUT2D eigenvalue weighted by atomic mass is 10.0. The summed E-state index contributed by atoms with van der Waals surface area (Å²) in [5, 5.41) is 10.2. The highest BCUT2D eigenvalue weighted by Gasteiger charge is 2.35. The Hall–Kier alpha value is -0.970. The number of nitrogens with zero attached hydrogens (tertiary/aromatic N) is 1. The highest BCUT2D eigenvalue weighted by molar-refractivity contribution is 5.22. The molecule has 2 rings (SSSR count). The molecule has 1 aromatic rings. The van der Waals surface area contributed by atoms with E-state index in [0.29, 0.717) is 19.1 Å². The topological polar surface area (TPSA) is 32.7 Å². The molecular formula is C18H28FNO2. The lowest BCUT2D eigenvalue weighted by Crippen LogP contribution is -2.37. The van der Waals surface area contributed by atoms with Crippen LogP contribution in [-0.4, -0.2) is 41.9 Å². The summed E-state index contributed by atoms with van der Waals surface area (Å²) in [6, 6.07) is 6.97. The molecule has 0 saturated heterocycles. The monoisotopic (exact) mass is 309 g/mol. The molecule has 1 saturated carbocycles. The number of aliphatic hydroxyl groups is 1. The fourth-order valence-electron chi connectivity index (χ4n) is 2.80. The fraction of sp³-hybridized carbons (Fsp3) is 0.667. The van der Waals surface area contributed by atoms with Crippen molar-refractivity contribution in [3.05, 3.63) is 35.6 Å². The number of halogens is 1. The van der Waals surface area contributed by atoms with E-state index >= 15 is 0 Å². The predicted molar refractivity (Wildman–Crippen MR) is 86.2 cm³/mol. The van der Waals surface area contributed by atoms with Crippen LogP contribution in [0.15, 0.2) is 24.3 Å². The molecule has 4 heteroatoms. The summed E-state index contributed by atoms with van der Waals surface area (Å²) in [6.07, 6.45) is 1.87. The Bertz CT molecular complexity index is 465. The van der Waals surface area contributed by atoms with E-state index in [-0.39, 0.29) is 17.5 Å². The van der Waals surface area contributed by atoms with Gasteiger partial charge < -0.3 is 9.84 Å². The molecule has 1 fully saturated rings. The van der Waals surface area contributed by atoms with Crippen LogP contribution in [0.1, 0.15) is 45.2 Å². The first-order valence-electron chi connectivity index (χ1n) is 8.04. The van der Waals surface area contributed by atoms with Gasteiger partial charge in [-0.2, -0.15) is 0 Å². The molecule has 1 N–H and O–H groups in total. The van der Waals surface area contributed by atoms with Crippen LogP contribution >= 0.6 is 0 Å². The fourth-order valence-corrected chi connectivity index (χ4v) is 2.80. The first-order valence-corrected chi connectivity index (χ1v) is 8.04. The summed E-state index contributed by atoms with van der Waals surface area (Å²) in [4.78, 5) is 2.17. The highest BCUT2D eigenvalue weighted by Crippen LogP contribution is 2.44. The minimum Gasteiger partial charge on any atom is -0.389 e. The third kappa shape index (κ3) is 5.34. The van der Waals surface area contributed by atoms with Gasteiger partial charge in [0.15, 0.2) is 0 Å². The summed E-state index contributed by atoms with van der Waals surface area (Å²) in [5.41, 5.74) is 0.877. The zero-order valence-corrected chi connectivity index (χ0v) is 14.1. The van der Waals surface area contributed by atoms with Crippen LogP contribution in [0.25, 0.3) is 0 Å². The molecule has 0 aromatic heterocycles. The largest absolute Gasteiger partial charge is 0.389 e. The van der Waals surface area contributed by atoms with Crippen molar-refractivity contribution in [1.29, 1.82) is 0 Å². The summed E-state index contributed by atoms with van der Waals surface area (Å²) in [7, 11) is 2.02. The van der Waals surface area contributed by atoms with E-state index in [1.165, 1.54) is 25.0 Å². The first kappa shape index (κ1) is 17.4. The molecule has 0 aliphatic heterocycles. The SMILES string of the molecule is CN(CC(O)COC(C)(C)C)C(c1ccc(F)cc1)C1CC1. The Labute approximate surface area is 133 Å². The number of benzene rings is 1. The first-order chi connectivity index (χ1) is 10.3. The summed E-state index contributed by atoms with van der Waals surface area (Å²) in [6.45, 7) is 6.82. The molecule has 1 aromatic carbocycles. The van der Waals surface area contributed by atoms with Gasteiger partial charge in [0.05, 0.1) is 18.3 Å². The van der Waals surface area contributed by atoms with Crippen LogP contribution in [0.4, 0.5) is 4.39 Å². The Morgan fingerprint density at radius 3 is 2.36 bits per heavy atom. The molecule has 2 atom stereocenters. The maximum absolute atomic E-state index is 13.1. The van der Waals surface area contributed by atoms with Crippen LogP contribution in [0.5, 0.6) is 0 Å². The summed E-state index contributed by atoms with van der Waals surface area (Å²) < 4.78 is 18.8. The maximum atomic E-state index is 13.1. The average molecular weight is 309 g/mol. The second-order valence-corrected chi connectivity index (χ2v) is 7.35. The lowest BCUT2D eigenvalue weighted by Gasteiger charge is -2.31. The van der Waals surface area contributed by atoms with E-state index in [4.69, 9.17) is 4.74 Å². The van der Waals surface area contributed by atoms with Gasteiger partial charge in [0.25, 0.3) is 0 Å². The molecule has 2 unspecified atom stereocenters. The van der Waals surface area contributed by atoms with Crippen molar-refractivity contribution in [3.63, 3.8) is 0 Å². The number of hydrogen-bond acceptors (Lipinski definition) is 3. The number of ether oxygens (including phenoxy) is 1. The van der Waals surface area contributed by atoms with Crippen LogP contribution in [0, 0.1) is 11.7 Å². The molecule has 22 heavy (non-hydrogen) atoms. The highest BCUT2D eigenvalue weighted by atomic mass is 19.1. The Morgan fingerprint density at radius 2 is 1.86 bits per heavy atom. The zero-order valence-electron chi connectivity index (χ0n) is 14.1. The van der Waals surface area contributed by atoms with E-state index in [1.807, 2.05) is 40.0 Å². The normalized spacial score (nSPS) is 18.5. The van der Waals surface area contributed by atoms with Gasteiger partial charge in [-0.25, -0.2) is 4.39 Å². The van der Waals surface area contributed by atoms with Crippen molar-refractivity contribution in [2.75, 3.05) is 20.2 Å². The lowest BCUT2D eigenvalue weighted by molar-refractivity contribution is -0.0576. The molecular weight excluding hydrogens is 281 g/mol. The standard InChI is InChI=1S/C18H28FNO2/c1-18(2,3)22-12-16(21)11-20(4)17(13-5-6-13)14-7-9-15(19)10-8-14/h7-10,13,16-17,21H,5-6,11-12H2,1-4H3. The van der Waals surface area contributed by atoms with E-state index in [0.717, 1.165) is 5.56 Å². The molecule has 124 valence electrons. The second-order valence-electron chi connectivity index (χ2n) is 7.35. The number of hydrogen-bond donors (Lipinski definition) is 1. The molecule has 1 aliphatic carbocycles. The van der Waals surface area contributed by atoms with Gasteiger partial charge in [-0.1, -0.05) is 12.1 Å². The maximum Gasteiger partial charge on any atom is 0.123 e. The average Bonchev–Trinajstić information content (AvgIpc) is 3.23. The van der Waals surface area contributed by atoms with Gasteiger partial charge in [0.2, 0.25) is 0 Å². The summed E-state index contributed by atoms with van der Waals surface area (Å²) in [5.74, 6) is 0.394. The van der Waals surface area contributed by atoms with Crippen LogP contribution in [-0.2, 0) is 4.74 Å².